The molecule has 0 heterocycles. The average molecular weight is 462 g/mol. The minimum atomic E-state index is -1.01. The molecule has 4 nitrogen and oxygen atoms in total. The summed E-state index contributed by atoms with van der Waals surface area (Å²) >= 11 is 6.16. The highest BCUT2D eigenvalue weighted by molar-refractivity contribution is 6.30. The van der Waals surface area contributed by atoms with Crippen molar-refractivity contribution in [3.63, 3.8) is 0 Å². The number of hydrogen-bond acceptors (Lipinski definition) is 3. The summed E-state index contributed by atoms with van der Waals surface area (Å²) in [6.45, 7) is 0. The standard InChI is InChI=1S/C28H28ClNO3/c1-33-23-10-4-7-19(16-23)25-17-20-6-2-3-11-24(20)27(25)12-14-28(15-13-27,26(31)32)30-22-9-5-8-21(29)18-22/h2-11,16,18,25,30H,12-15,17H2,1H3,(H,31,32). The lowest BCUT2D eigenvalue weighted by Gasteiger charge is -2.47. The van der Waals surface area contributed by atoms with Gasteiger partial charge in [0, 0.05) is 16.1 Å². The van der Waals surface area contributed by atoms with Gasteiger partial charge in [-0.1, -0.05) is 54.1 Å². The summed E-state index contributed by atoms with van der Waals surface area (Å²) < 4.78 is 5.51. The van der Waals surface area contributed by atoms with Crippen molar-refractivity contribution in [3.8, 4) is 5.75 Å². The van der Waals surface area contributed by atoms with Gasteiger partial charge in [-0.3, -0.25) is 0 Å². The van der Waals surface area contributed by atoms with Crippen LogP contribution in [0.3, 0.4) is 0 Å². The number of nitrogens with one attached hydrogen (secondary N) is 1. The Morgan fingerprint density at radius 2 is 1.76 bits per heavy atom. The van der Waals surface area contributed by atoms with E-state index >= 15 is 0 Å². The van der Waals surface area contributed by atoms with Crippen LogP contribution in [-0.2, 0) is 16.6 Å². The first kappa shape index (κ1) is 21.8. The van der Waals surface area contributed by atoms with Gasteiger partial charge in [-0.25, -0.2) is 4.79 Å². The van der Waals surface area contributed by atoms with Gasteiger partial charge in [0.2, 0.25) is 0 Å². The molecule has 0 saturated heterocycles. The van der Waals surface area contributed by atoms with Crippen LogP contribution in [0.15, 0.2) is 72.8 Å². The molecule has 5 heteroatoms. The molecule has 3 aromatic carbocycles. The van der Waals surface area contributed by atoms with Crippen LogP contribution in [0.5, 0.6) is 5.75 Å². The van der Waals surface area contributed by atoms with E-state index in [4.69, 9.17) is 16.3 Å². The normalized spacial score (nSPS) is 26.1. The fourth-order valence-electron chi connectivity index (χ4n) is 6.06. The third-order valence-corrected chi connectivity index (χ3v) is 7.99. The number of hydrogen-bond donors (Lipinski definition) is 2. The second-order valence-electron chi connectivity index (χ2n) is 9.37. The van der Waals surface area contributed by atoms with Crippen LogP contribution in [0.1, 0.15) is 48.3 Å². The minimum Gasteiger partial charge on any atom is -0.497 e. The molecule has 0 bridgehead atoms. The Hall–Kier alpha value is -2.98. The van der Waals surface area contributed by atoms with Gasteiger partial charge in [-0.05, 0) is 85.0 Å². The Morgan fingerprint density at radius 3 is 2.48 bits per heavy atom. The van der Waals surface area contributed by atoms with Crippen LogP contribution < -0.4 is 10.1 Å². The number of halogens is 1. The van der Waals surface area contributed by atoms with Crippen molar-refractivity contribution >= 4 is 23.3 Å². The number of rotatable bonds is 5. The molecular formula is C28H28ClNO3. The van der Waals surface area contributed by atoms with Gasteiger partial charge in [0.05, 0.1) is 7.11 Å². The zero-order chi connectivity index (χ0) is 23.1. The zero-order valence-electron chi connectivity index (χ0n) is 18.7. The third-order valence-electron chi connectivity index (χ3n) is 7.75. The van der Waals surface area contributed by atoms with Crippen molar-refractivity contribution < 1.29 is 14.6 Å². The van der Waals surface area contributed by atoms with Gasteiger partial charge < -0.3 is 15.2 Å². The second kappa shape index (κ2) is 8.42. The SMILES string of the molecule is COc1cccc(C2Cc3ccccc3C23CCC(Nc2cccc(Cl)c2)(C(=O)O)CC3)c1. The highest BCUT2D eigenvalue weighted by Crippen LogP contribution is 2.58. The molecule has 170 valence electrons. The maximum absolute atomic E-state index is 12.5. The number of benzene rings is 3. The Balaban J connectivity index is 1.51. The highest BCUT2D eigenvalue weighted by atomic mass is 35.5. The number of carboxylic acids is 1. The van der Waals surface area contributed by atoms with Crippen LogP contribution >= 0.6 is 11.6 Å². The molecule has 5 rings (SSSR count). The lowest BCUT2D eigenvalue weighted by atomic mass is 9.59. The predicted octanol–water partition coefficient (Wildman–Crippen LogP) is 6.44. The number of carboxylic acid groups (broad SMARTS) is 1. The van der Waals surface area contributed by atoms with Crippen molar-refractivity contribution in [2.75, 3.05) is 12.4 Å². The number of anilines is 1. The molecule has 1 atom stereocenters. The van der Waals surface area contributed by atoms with Crippen molar-refractivity contribution in [1.82, 2.24) is 0 Å². The predicted molar refractivity (Wildman–Crippen MR) is 131 cm³/mol. The minimum absolute atomic E-state index is 0.0854. The summed E-state index contributed by atoms with van der Waals surface area (Å²) in [5.74, 6) is 0.349. The van der Waals surface area contributed by atoms with E-state index in [1.54, 1.807) is 19.2 Å². The number of ether oxygens (including phenoxy) is 1. The summed E-state index contributed by atoms with van der Waals surface area (Å²) in [7, 11) is 1.70. The van der Waals surface area contributed by atoms with Crippen LogP contribution in [-0.4, -0.2) is 23.7 Å². The van der Waals surface area contributed by atoms with E-state index in [0.29, 0.717) is 23.8 Å². The summed E-state index contributed by atoms with van der Waals surface area (Å²) in [5.41, 5.74) is 3.66. The summed E-state index contributed by atoms with van der Waals surface area (Å²) in [4.78, 5) is 12.5. The maximum atomic E-state index is 12.5. The highest BCUT2D eigenvalue weighted by Gasteiger charge is 2.54. The molecule has 1 saturated carbocycles. The Labute approximate surface area is 199 Å². The van der Waals surface area contributed by atoms with Crippen molar-refractivity contribution in [1.29, 1.82) is 0 Å². The molecule has 1 spiro atoms. The smallest absolute Gasteiger partial charge is 0.329 e. The van der Waals surface area contributed by atoms with Gasteiger partial charge in [-0.15, -0.1) is 0 Å². The molecule has 33 heavy (non-hydrogen) atoms. The maximum Gasteiger partial charge on any atom is 0.329 e. The molecule has 0 aliphatic heterocycles. The molecule has 2 N–H and O–H groups in total. The van der Waals surface area contributed by atoms with Gasteiger partial charge in [-0.2, -0.15) is 0 Å². The van der Waals surface area contributed by atoms with Crippen LogP contribution in [0, 0.1) is 0 Å². The molecule has 0 radical (unpaired) electrons. The first-order valence-electron chi connectivity index (χ1n) is 11.5. The van der Waals surface area contributed by atoms with Crippen LogP contribution in [0.25, 0.3) is 0 Å². The molecule has 3 aromatic rings. The molecule has 1 fully saturated rings. The summed E-state index contributed by atoms with van der Waals surface area (Å²) in [6.07, 6.45) is 3.65. The average Bonchev–Trinajstić information content (AvgIpc) is 3.15. The van der Waals surface area contributed by atoms with Crippen molar-refractivity contribution in [2.45, 2.75) is 49.0 Å². The first-order valence-corrected chi connectivity index (χ1v) is 11.8. The van der Waals surface area contributed by atoms with Gasteiger partial charge in [0.1, 0.15) is 11.3 Å². The molecule has 0 amide bonds. The Morgan fingerprint density at radius 1 is 1.00 bits per heavy atom. The van der Waals surface area contributed by atoms with E-state index in [2.05, 4.69) is 47.8 Å². The first-order chi connectivity index (χ1) is 16.0. The monoisotopic (exact) mass is 461 g/mol. The lowest BCUT2D eigenvalue weighted by molar-refractivity contribution is -0.144. The Kier molecular flexibility index (Phi) is 5.57. The number of fused-ring (bicyclic) bond motifs is 2. The zero-order valence-corrected chi connectivity index (χ0v) is 19.4. The quantitative estimate of drug-likeness (QED) is 0.459. The van der Waals surface area contributed by atoms with E-state index < -0.39 is 11.5 Å². The molecule has 2 aliphatic rings. The topological polar surface area (TPSA) is 58.6 Å². The fourth-order valence-corrected chi connectivity index (χ4v) is 6.25. The Bertz CT molecular complexity index is 1180. The molecular weight excluding hydrogens is 434 g/mol. The van der Waals surface area contributed by atoms with E-state index in [1.165, 1.54) is 16.7 Å². The van der Waals surface area contributed by atoms with Gasteiger partial charge >= 0.3 is 5.97 Å². The van der Waals surface area contributed by atoms with Gasteiger partial charge in [0.25, 0.3) is 0 Å². The van der Waals surface area contributed by atoms with E-state index in [1.807, 2.05) is 18.2 Å². The van der Waals surface area contributed by atoms with Gasteiger partial charge in [0.15, 0.2) is 0 Å². The molecule has 2 aliphatic carbocycles. The second-order valence-corrected chi connectivity index (χ2v) is 9.81. The van der Waals surface area contributed by atoms with E-state index in [9.17, 15) is 9.90 Å². The van der Waals surface area contributed by atoms with E-state index in [0.717, 1.165) is 30.7 Å². The lowest BCUT2D eigenvalue weighted by Crippen LogP contribution is -2.52. The summed E-state index contributed by atoms with van der Waals surface area (Å²) in [6, 6.07) is 24.3. The molecule has 0 aromatic heterocycles. The summed E-state index contributed by atoms with van der Waals surface area (Å²) in [5, 5.41) is 14.2. The van der Waals surface area contributed by atoms with Crippen LogP contribution in [0.4, 0.5) is 5.69 Å². The van der Waals surface area contributed by atoms with Crippen molar-refractivity contribution in [3.05, 3.63) is 94.5 Å². The number of aliphatic carboxylic acids is 1. The fraction of sp³-hybridized carbons (Fsp3) is 0.321. The van der Waals surface area contributed by atoms with Crippen LogP contribution in [0.2, 0.25) is 5.02 Å². The molecule has 1 unspecified atom stereocenters. The number of carbonyl (C=O) groups is 1. The largest absolute Gasteiger partial charge is 0.497 e. The van der Waals surface area contributed by atoms with E-state index in [-0.39, 0.29) is 5.41 Å². The number of methoxy groups -OCH3 is 1. The van der Waals surface area contributed by atoms with Crippen molar-refractivity contribution in [2.24, 2.45) is 0 Å². The third kappa shape index (κ3) is 3.76.